The van der Waals surface area contributed by atoms with Gasteiger partial charge in [0.2, 0.25) is 10.0 Å². The van der Waals surface area contributed by atoms with Crippen molar-refractivity contribution in [3.8, 4) is 0 Å². The summed E-state index contributed by atoms with van der Waals surface area (Å²) in [5.41, 5.74) is 0.190. The lowest BCUT2D eigenvalue weighted by Gasteiger charge is -2.08. The number of aromatic amines is 1. The van der Waals surface area contributed by atoms with E-state index in [4.69, 9.17) is 5.14 Å². The molecule has 21 heavy (non-hydrogen) atoms. The molecule has 0 aliphatic heterocycles. The molecular weight excluding hydrogens is 292 g/mol. The Kier molecular flexibility index (Phi) is 5.91. The normalized spacial score (nSPS) is 12.1. The van der Waals surface area contributed by atoms with E-state index < -0.39 is 15.9 Å². The Balaban J connectivity index is 2.90. The van der Waals surface area contributed by atoms with Gasteiger partial charge in [0.05, 0.1) is 5.69 Å². The molecule has 1 aromatic heterocycles. The smallest absolute Gasteiger partial charge is 0.273 e. The molecule has 0 atom stereocenters. The van der Waals surface area contributed by atoms with Crippen molar-refractivity contribution in [2.75, 3.05) is 6.54 Å². The fraction of sp³-hybridized carbons (Fsp3) is 0.692. The van der Waals surface area contributed by atoms with Crippen LogP contribution >= 0.6 is 0 Å². The number of rotatable bonds is 7. The van der Waals surface area contributed by atoms with E-state index in [9.17, 15) is 13.2 Å². The molecule has 1 heterocycles. The highest BCUT2D eigenvalue weighted by Gasteiger charge is 2.28. The molecule has 0 unspecified atom stereocenters. The number of primary sulfonamides is 1. The van der Waals surface area contributed by atoms with Crippen LogP contribution in [0.4, 0.5) is 0 Å². The third-order valence-corrected chi connectivity index (χ3v) is 4.05. The first-order valence-electron chi connectivity index (χ1n) is 7.03. The number of H-pyrrole nitrogens is 1. The van der Waals surface area contributed by atoms with Crippen LogP contribution in [0.15, 0.2) is 4.90 Å². The van der Waals surface area contributed by atoms with Crippen LogP contribution in [-0.2, 0) is 10.0 Å². The number of nitrogens with zero attached hydrogens (tertiary/aromatic N) is 1. The summed E-state index contributed by atoms with van der Waals surface area (Å²) in [6, 6.07) is 0. The number of nitrogens with one attached hydrogen (secondary N) is 2. The van der Waals surface area contributed by atoms with E-state index in [-0.39, 0.29) is 16.5 Å². The topological polar surface area (TPSA) is 118 Å². The fourth-order valence-electron chi connectivity index (χ4n) is 1.97. The summed E-state index contributed by atoms with van der Waals surface area (Å²) in [6.07, 6.45) is 1.82. The van der Waals surface area contributed by atoms with Crippen molar-refractivity contribution >= 4 is 15.9 Å². The number of sulfonamides is 1. The van der Waals surface area contributed by atoms with E-state index in [0.29, 0.717) is 18.2 Å². The summed E-state index contributed by atoms with van der Waals surface area (Å²) in [4.78, 5) is 11.9. The van der Waals surface area contributed by atoms with E-state index >= 15 is 0 Å². The molecule has 4 N–H and O–H groups in total. The van der Waals surface area contributed by atoms with Gasteiger partial charge in [0.25, 0.3) is 5.91 Å². The molecule has 0 fully saturated rings. The molecule has 1 rings (SSSR count). The lowest BCUT2D eigenvalue weighted by molar-refractivity contribution is 0.0944. The lowest BCUT2D eigenvalue weighted by Crippen LogP contribution is -2.28. The van der Waals surface area contributed by atoms with Crippen molar-refractivity contribution in [3.05, 3.63) is 11.4 Å². The van der Waals surface area contributed by atoms with Crippen LogP contribution in [0.25, 0.3) is 0 Å². The van der Waals surface area contributed by atoms with Crippen LogP contribution in [0.1, 0.15) is 62.6 Å². The molecule has 0 aliphatic rings. The van der Waals surface area contributed by atoms with Crippen LogP contribution in [-0.4, -0.2) is 31.1 Å². The van der Waals surface area contributed by atoms with Gasteiger partial charge in [0.1, 0.15) is 4.90 Å². The quantitative estimate of drug-likeness (QED) is 0.658. The summed E-state index contributed by atoms with van der Waals surface area (Å²) in [5, 5.41) is 14.3. The minimum Gasteiger partial charge on any atom is -0.351 e. The van der Waals surface area contributed by atoms with Crippen LogP contribution in [0.5, 0.6) is 0 Å². The first-order chi connectivity index (χ1) is 9.64. The molecule has 0 spiro atoms. The van der Waals surface area contributed by atoms with Crippen molar-refractivity contribution in [2.45, 2.75) is 51.3 Å². The molecule has 0 aromatic carbocycles. The Labute approximate surface area is 125 Å². The lowest BCUT2D eigenvalue weighted by atomic mass is 10.1. The fourth-order valence-corrected chi connectivity index (χ4v) is 2.97. The van der Waals surface area contributed by atoms with Crippen molar-refractivity contribution in [1.82, 2.24) is 15.5 Å². The van der Waals surface area contributed by atoms with Crippen molar-refractivity contribution in [2.24, 2.45) is 11.1 Å². The molecule has 0 radical (unpaired) electrons. The Morgan fingerprint density at radius 1 is 1.33 bits per heavy atom. The molecular formula is C13H24N4O3S. The molecule has 0 bridgehead atoms. The number of aromatic nitrogens is 2. The minimum absolute atomic E-state index is 0.131. The largest absolute Gasteiger partial charge is 0.351 e. The third kappa shape index (κ3) is 4.82. The number of amides is 1. The zero-order chi connectivity index (χ0) is 16.2. The van der Waals surface area contributed by atoms with E-state index in [2.05, 4.69) is 29.4 Å². The van der Waals surface area contributed by atoms with Gasteiger partial charge in [-0.3, -0.25) is 9.89 Å². The first-order valence-corrected chi connectivity index (χ1v) is 8.58. The molecule has 8 heteroatoms. The summed E-state index contributed by atoms with van der Waals surface area (Å²) < 4.78 is 23.4. The minimum atomic E-state index is -4.01. The number of nitrogens with two attached hydrogens (primary N) is 1. The van der Waals surface area contributed by atoms with Crippen LogP contribution in [0, 0.1) is 5.92 Å². The van der Waals surface area contributed by atoms with Crippen LogP contribution < -0.4 is 10.5 Å². The maximum Gasteiger partial charge on any atom is 0.273 e. The van der Waals surface area contributed by atoms with Crippen molar-refractivity contribution in [3.63, 3.8) is 0 Å². The van der Waals surface area contributed by atoms with E-state index in [0.717, 1.165) is 12.8 Å². The number of hydrogen-bond donors (Lipinski definition) is 3. The zero-order valence-electron chi connectivity index (χ0n) is 12.9. The van der Waals surface area contributed by atoms with Gasteiger partial charge in [-0.15, -0.1) is 0 Å². The Hall–Kier alpha value is -1.41. The highest BCUT2D eigenvalue weighted by Crippen LogP contribution is 2.23. The third-order valence-electron chi connectivity index (χ3n) is 3.07. The second-order valence-electron chi connectivity index (χ2n) is 5.81. The molecule has 0 saturated carbocycles. The summed E-state index contributed by atoms with van der Waals surface area (Å²) in [6.45, 7) is 8.27. The van der Waals surface area contributed by atoms with Crippen LogP contribution in [0.2, 0.25) is 0 Å². The van der Waals surface area contributed by atoms with Gasteiger partial charge < -0.3 is 5.32 Å². The van der Waals surface area contributed by atoms with Gasteiger partial charge in [0, 0.05) is 6.54 Å². The van der Waals surface area contributed by atoms with Crippen molar-refractivity contribution in [1.29, 1.82) is 0 Å². The second kappa shape index (κ2) is 7.04. The number of carbonyl (C=O) groups is 1. The second-order valence-corrected chi connectivity index (χ2v) is 7.30. The highest BCUT2D eigenvalue weighted by molar-refractivity contribution is 7.89. The Bertz CT molecular complexity index is 591. The predicted octanol–water partition coefficient (Wildman–Crippen LogP) is 1.35. The van der Waals surface area contributed by atoms with Crippen molar-refractivity contribution < 1.29 is 13.2 Å². The Morgan fingerprint density at radius 2 is 1.95 bits per heavy atom. The highest BCUT2D eigenvalue weighted by atomic mass is 32.2. The van der Waals surface area contributed by atoms with Gasteiger partial charge in [-0.25, -0.2) is 13.6 Å². The summed E-state index contributed by atoms with van der Waals surface area (Å²) >= 11 is 0. The molecule has 1 amide bonds. The van der Waals surface area contributed by atoms with E-state index in [1.165, 1.54) is 0 Å². The van der Waals surface area contributed by atoms with Gasteiger partial charge in [-0.1, -0.05) is 27.7 Å². The summed E-state index contributed by atoms with van der Waals surface area (Å²) in [5.74, 6) is -0.0981. The molecule has 120 valence electrons. The monoisotopic (exact) mass is 316 g/mol. The van der Waals surface area contributed by atoms with E-state index in [1.807, 2.05) is 0 Å². The standard InChI is InChI=1S/C13H24N4O3S/c1-8(2)6-5-7-15-13(18)11-12(21(14,19)20)10(9(3)4)16-17-11/h8-9H,5-7H2,1-4H3,(H,15,18)(H,16,17)(H2,14,19,20). The Morgan fingerprint density at radius 3 is 2.43 bits per heavy atom. The average Bonchev–Trinajstić information content (AvgIpc) is 2.78. The molecule has 1 aromatic rings. The molecule has 0 aliphatic carbocycles. The van der Waals surface area contributed by atoms with Gasteiger partial charge in [-0.05, 0) is 24.7 Å². The number of hydrogen-bond acceptors (Lipinski definition) is 4. The molecule has 7 nitrogen and oxygen atoms in total. The van der Waals surface area contributed by atoms with Gasteiger partial charge in [0.15, 0.2) is 5.69 Å². The molecule has 0 saturated heterocycles. The average molecular weight is 316 g/mol. The first kappa shape index (κ1) is 17.6. The maximum absolute atomic E-state index is 12.1. The SMILES string of the molecule is CC(C)CCCNC(=O)c1n[nH]c(C(C)C)c1S(N)(=O)=O. The summed E-state index contributed by atoms with van der Waals surface area (Å²) in [7, 11) is -4.01. The number of carbonyl (C=O) groups excluding carboxylic acids is 1. The van der Waals surface area contributed by atoms with Gasteiger partial charge in [-0.2, -0.15) is 5.10 Å². The van der Waals surface area contributed by atoms with Gasteiger partial charge >= 0.3 is 0 Å². The maximum atomic E-state index is 12.1. The predicted molar refractivity (Wildman–Crippen MR) is 80.5 cm³/mol. The van der Waals surface area contributed by atoms with Crippen LogP contribution in [0.3, 0.4) is 0 Å². The zero-order valence-corrected chi connectivity index (χ0v) is 13.8. The van der Waals surface area contributed by atoms with E-state index in [1.54, 1.807) is 13.8 Å².